The first-order valence-corrected chi connectivity index (χ1v) is 6.42. The Hall–Kier alpha value is -3.08. The predicted octanol–water partition coefficient (Wildman–Crippen LogP) is 2.79. The number of amides is 1. The number of aromatic nitrogens is 3. The summed E-state index contributed by atoms with van der Waals surface area (Å²) in [5.74, 6) is -0.284. The van der Waals surface area contributed by atoms with E-state index in [0.717, 1.165) is 11.3 Å². The Morgan fingerprint density at radius 1 is 0.905 bits per heavy atom. The minimum absolute atomic E-state index is 0.284. The number of anilines is 1. The molecule has 5 nitrogen and oxygen atoms in total. The molecule has 21 heavy (non-hydrogen) atoms. The first kappa shape index (κ1) is 12.9. The van der Waals surface area contributed by atoms with Gasteiger partial charge in [0.2, 0.25) is 0 Å². The van der Waals surface area contributed by atoms with E-state index in [4.69, 9.17) is 0 Å². The number of hydrogen-bond donors (Lipinski definition) is 1. The van der Waals surface area contributed by atoms with Crippen LogP contribution < -0.4 is 5.32 Å². The zero-order valence-corrected chi connectivity index (χ0v) is 11.1. The summed E-state index contributed by atoms with van der Waals surface area (Å²) >= 11 is 0. The van der Waals surface area contributed by atoms with Crippen LogP contribution in [0.3, 0.4) is 0 Å². The van der Waals surface area contributed by atoms with Crippen LogP contribution in [-0.2, 0) is 0 Å². The highest BCUT2D eigenvalue weighted by atomic mass is 16.1. The number of pyridine rings is 1. The number of nitrogens with zero attached hydrogens (tertiary/aromatic N) is 3. The summed E-state index contributed by atoms with van der Waals surface area (Å²) in [6, 6.07) is 13.2. The van der Waals surface area contributed by atoms with Gasteiger partial charge in [0.15, 0.2) is 0 Å². The van der Waals surface area contributed by atoms with Crippen molar-refractivity contribution in [3.05, 3.63) is 72.9 Å². The smallest absolute Gasteiger partial charge is 0.275 e. The third kappa shape index (κ3) is 3.09. The molecular formula is C16H12N4O. The summed E-state index contributed by atoms with van der Waals surface area (Å²) in [6.45, 7) is 0. The highest BCUT2D eigenvalue weighted by Gasteiger charge is 2.07. The van der Waals surface area contributed by atoms with Crippen LogP contribution in [0.4, 0.5) is 5.69 Å². The van der Waals surface area contributed by atoms with Crippen LogP contribution in [0.1, 0.15) is 10.5 Å². The van der Waals surface area contributed by atoms with Crippen LogP contribution in [0.25, 0.3) is 11.3 Å². The molecule has 0 saturated carbocycles. The van der Waals surface area contributed by atoms with Gasteiger partial charge in [-0.25, -0.2) is 4.98 Å². The normalized spacial score (nSPS) is 10.1. The molecule has 0 fully saturated rings. The molecule has 1 amide bonds. The molecule has 0 unspecified atom stereocenters. The van der Waals surface area contributed by atoms with Crippen LogP contribution in [-0.4, -0.2) is 20.9 Å². The van der Waals surface area contributed by atoms with Crippen LogP contribution in [0, 0.1) is 0 Å². The number of rotatable bonds is 3. The van der Waals surface area contributed by atoms with E-state index in [9.17, 15) is 4.79 Å². The molecule has 2 aromatic heterocycles. The van der Waals surface area contributed by atoms with E-state index in [2.05, 4.69) is 20.3 Å². The second kappa shape index (κ2) is 5.92. The van der Waals surface area contributed by atoms with E-state index < -0.39 is 0 Å². The SMILES string of the molecule is O=C(Nc1ccc(-c2ccccn2)cc1)c1cnccn1. The molecule has 3 rings (SSSR count). The lowest BCUT2D eigenvalue weighted by atomic mass is 10.1. The molecule has 1 N–H and O–H groups in total. The Bertz CT molecular complexity index is 727. The van der Waals surface area contributed by atoms with Gasteiger partial charge in [0.25, 0.3) is 5.91 Å². The molecule has 0 atom stereocenters. The maximum Gasteiger partial charge on any atom is 0.275 e. The molecule has 0 radical (unpaired) electrons. The Balaban J connectivity index is 1.75. The Morgan fingerprint density at radius 2 is 1.76 bits per heavy atom. The largest absolute Gasteiger partial charge is 0.321 e. The average molecular weight is 276 g/mol. The summed E-state index contributed by atoms with van der Waals surface area (Å²) in [5, 5.41) is 2.78. The van der Waals surface area contributed by atoms with Crippen molar-refractivity contribution in [1.82, 2.24) is 15.0 Å². The van der Waals surface area contributed by atoms with E-state index in [1.165, 1.54) is 18.6 Å². The van der Waals surface area contributed by atoms with E-state index in [0.29, 0.717) is 5.69 Å². The van der Waals surface area contributed by atoms with Crippen LogP contribution in [0.5, 0.6) is 0 Å². The second-order valence-corrected chi connectivity index (χ2v) is 4.34. The first-order valence-electron chi connectivity index (χ1n) is 6.42. The van der Waals surface area contributed by atoms with Gasteiger partial charge < -0.3 is 5.32 Å². The molecule has 102 valence electrons. The standard InChI is InChI=1S/C16H12N4O/c21-16(15-11-17-9-10-19-15)20-13-6-4-12(5-7-13)14-3-1-2-8-18-14/h1-11H,(H,20,21). The van der Waals surface area contributed by atoms with Gasteiger partial charge in [-0.1, -0.05) is 18.2 Å². The van der Waals surface area contributed by atoms with E-state index in [-0.39, 0.29) is 11.6 Å². The van der Waals surface area contributed by atoms with Crippen molar-refractivity contribution in [3.8, 4) is 11.3 Å². The molecule has 0 bridgehead atoms. The molecule has 0 aliphatic heterocycles. The number of hydrogen-bond acceptors (Lipinski definition) is 4. The number of benzene rings is 1. The van der Waals surface area contributed by atoms with Crippen molar-refractivity contribution in [3.63, 3.8) is 0 Å². The molecule has 5 heteroatoms. The van der Waals surface area contributed by atoms with Crippen molar-refractivity contribution in [2.75, 3.05) is 5.32 Å². The number of nitrogens with one attached hydrogen (secondary N) is 1. The quantitative estimate of drug-likeness (QED) is 0.798. The summed E-state index contributed by atoms with van der Waals surface area (Å²) < 4.78 is 0. The van der Waals surface area contributed by atoms with Crippen molar-refractivity contribution in [2.45, 2.75) is 0 Å². The highest BCUT2D eigenvalue weighted by Crippen LogP contribution is 2.19. The van der Waals surface area contributed by atoms with Crippen molar-refractivity contribution in [1.29, 1.82) is 0 Å². The molecule has 0 saturated heterocycles. The van der Waals surface area contributed by atoms with Gasteiger partial charge in [-0.05, 0) is 24.3 Å². The fourth-order valence-corrected chi connectivity index (χ4v) is 1.87. The topological polar surface area (TPSA) is 67.8 Å². The molecule has 0 aliphatic carbocycles. The molecule has 1 aromatic carbocycles. The molecular weight excluding hydrogens is 264 g/mol. The maximum absolute atomic E-state index is 11.9. The lowest BCUT2D eigenvalue weighted by Crippen LogP contribution is -2.13. The lowest BCUT2D eigenvalue weighted by Gasteiger charge is -2.05. The van der Waals surface area contributed by atoms with E-state index in [1.807, 2.05) is 42.5 Å². The summed E-state index contributed by atoms with van der Waals surface area (Å²) in [6.07, 6.45) is 6.19. The van der Waals surface area contributed by atoms with Crippen LogP contribution in [0.2, 0.25) is 0 Å². The number of carbonyl (C=O) groups is 1. The monoisotopic (exact) mass is 276 g/mol. The Labute approximate surface area is 121 Å². The van der Waals surface area contributed by atoms with Gasteiger partial charge in [-0.2, -0.15) is 0 Å². The van der Waals surface area contributed by atoms with Gasteiger partial charge in [-0.15, -0.1) is 0 Å². The van der Waals surface area contributed by atoms with Gasteiger partial charge in [0.05, 0.1) is 11.9 Å². The summed E-state index contributed by atoms with van der Waals surface area (Å²) in [7, 11) is 0. The zero-order valence-electron chi connectivity index (χ0n) is 11.1. The van der Waals surface area contributed by atoms with Gasteiger partial charge in [0.1, 0.15) is 5.69 Å². The Morgan fingerprint density at radius 3 is 2.43 bits per heavy atom. The number of carbonyl (C=O) groups excluding carboxylic acids is 1. The fraction of sp³-hybridized carbons (Fsp3) is 0. The zero-order chi connectivity index (χ0) is 14.5. The van der Waals surface area contributed by atoms with Gasteiger partial charge in [0, 0.05) is 29.8 Å². The summed E-state index contributed by atoms with van der Waals surface area (Å²) in [5.41, 5.74) is 2.87. The maximum atomic E-state index is 11.9. The summed E-state index contributed by atoms with van der Waals surface area (Å²) in [4.78, 5) is 24.0. The minimum Gasteiger partial charge on any atom is -0.321 e. The first-order chi connectivity index (χ1) is 10.3. The molecule has 3 aromatic rings. The predicted molar refractivity (Wildman–Crippen MR) is 79.7 cm³/mol. The van der Waals surface area contributed by atoms with Crippen molar-refractivity contribution >= 4 is 11.6 Å². The van der Waals surface area contributed by atoms with Crippen molar-refractivity contribution in [2.24, 2.45) is 0 Å². The van der Waals surface area contributed by atoms with E-state index in [1.54, 1.807) is 6.20 Å². The third-order valence-corrected chi connectivity index (χ3v) is 2.90. The lowest BCUT2D eigenvalue weighted by molar-refractivity contribution is 0.102. The van der Waals surface area contributed by atoms with Crippen LogP contribution >= 0.6 is 0 Å². The second-order valence-electron chi connectivity index (χ2n) is 4.34. The van der Waals surface area contributed by atoms with Crippen molar-refractivity contribution < 1.29 is 4.79 Å². The highest BCUT2D eigenvalue weighted by molar-refractivity contribution is 6.02. The van der Waals surface area contributed by atoms with Gasteiger partial charge >= 0.3 is 0 Å². The third-order valence-electron chi connectivity index (χ3n) is 2.90. The average Bonchev–Trinajstić information content (AvgIpc) is 2.57. The molecule has 0 spiro atoms. The van der Waals surface area contributed by atoms with E-state index >= 15 is 0 Å². The minimum atomic E-state index is -0.284. The van der Waals surface area contributed by atoms with Gasteiger partial charge in [-0.3, -0.25) is 14.8 Å². The fourth-order valence-electron chi connectivity index (χ4n) is 1.87. The molecule has 2 heterocycles. The Kier molecular flexibility index (Phi) is 3.64. The molecule has 0 aliphatic rings. The van der Waals surface area contributed by atoms with Crippen LogP contribution in [0.15, 0.2) is 67.3 Å².